The molecule has 4 heterocycles. The van der Waals surface area contributed by atoms with Gasteiger partial charge in [-0.1, -0.05) is 0 Å². The van der Waals surface area contributed by atoms with Crippen LogP contribution in [0.3, 0.4) is 0 Å². The number of nitrogens with one attached hydrogen (secondary N) is 1. The molecule has 2 saturated heterocycles. The van der Waals surface area contributed by atoms with Gasteiger partial charge in [0, 0.05) is 56.7 Å². The fraction of sp³-hybridized carbons (Fsp3) is 0.529. The normalized spacial score (nSPS) is 19.9. The Balaban J connectivity index is 1.42. The van der Waals surface area contributed by atoms with Crippen molar-refractivity contribution in [1.29, 1.82) is 0 Å². The summed E-state index contributed by atoms with van der Waals surface area (Å²) in [5.74, 6) is 2.56. The molecular weight excluding hydrogens is 304 g/mol. The van der Waals surface area contributed by atoms with Gasteiger partial charge in [-0.3, -0.25) is 4.90 Å². The van der Waals surface area contributed by atoms with Gasteiger partial charge in [-0.05, 0) is 25.8 Å². The first-order chi connectivity index (χ1) is 11.8. The van der Waals surface area contributed by atoms with Crippen LogP contribution in [0.5, 0.6) is 0 Å². The van der Waals surface area contributed by atoms with E-state index in [4.69, 9.17) is 4.74 Å². The lowest BCUT2D eigenvalue weighted by atomic mass is 9.91. The molecule has 7 nitrogen and oxygen atoms in total. The molecule has 0 saturated carbocycles. The molecule has 2 fully saturated rings. The van der Waals surface area contributed by atoms with Gasteiger partial charge in [-0.2, -0.15) is 0 Å². The number of hydrogen-bond acceptors (Lipinski definition) is 7. The zero-order valence-corrected chi connectivity index (χ0v) is 13.9. The molecule has 0 radical (unpaired) electrons. The lowest BCUT2D eigenvalue weighted by molar-refractivity contribution is 0.000990. The van der Waals surface area contributed by atoms with E-state index >= 15 is 0 Å². The quantitative estimate of drug-likeness (QED) is 0.919. The van der Waals surface area contributed by atoms with Gasteiger partial charge < -0.3 is 10.1 Å². The van der Waals surface area contributed by atoms with Gasteiger partial charge in [0.1, 0.15) is 11.6 Å². The average molecular weight is 326 g/mol. The van der Waals surface area contributed by atoms with Gasteiger partial charge in [-0.25, -0.2) is 19.9 Å². The number of aromatic nitrogens is 4. The Kier molecular flexibility index (Phi) is 4.36. The minimum Gasteiger partial charge on any atom is -0.381 e. The van der Waals surface area contributed by atoms with Crippen LogP contribution in [-0.4, -0.2) is 57.2 Å². The number of anilines is 2. The Morgan fingerprint density at radius 3 is 2.62 bits per heavy atom. The number of aryl methyl sites for hydroxylation is 1. The van der Waals surface area contributed by atoms with Crippen LogP contribution in [0.4, 0.5) is 11.8 Å². The Morgan fingerprint density at radius 2 is 1.88 bits per heavy atom. The Morgan fingerprint density at radius 1 is 1.12 bits per heavy atom. The van der Waals surface area contributed by atoms with E-state index in [-0.39, 0.29) is 0 Å². The van der Waals surface area contributed by atoms with E-state index in [1.165, 1.54) is 0 Å². The molecule has 0 amide bonds. The predicted molar refractivity (Wildman–Crippen MR) is 90.2 cm³/mol. The highest BCUT2D eigenvalue weighted by molar-refractivity contribution is 5.48. The monoisotopic (exact) mass is 326 g/mol. The van der Waals surface area contributed by atoms with Crippen LogP contribution < -0.4 is 5.32 Å². The molecule has 0 aromatic carbocycles. The smallest absolute Gasteiger partial charge is 0.228 e. The summed E-state index contributed by atoms with van der Waals surface area (Å²) in [6.07, 6.45) is 5.71. The largest absolute Gasteiger partial charge is 0.381 e. The third-order valence-corrected chi connectivity index (χ3v) is 4.70. The zero-order chi connectivity index (χ0) is 16.4. The number of likely N-dealkylation sites (tertiary alicyclic amines) is 1. The fourth-order valence-corrected chi connectivity index (χ4v) is 3.39. The van der Waals surface area contributed by atoms with E-state index in [1.807, 2.05) is 13.0 Å². The molecule has 1 N–H and O–H groups in total. The summed E-state index contributed by atoms with van der Waals surface area (Å²) >= 11 is 0. The van der Waals surface area contributed by atoms with Gasteiger partial charge >= 0.3 is 0 Å². The number of hydrogen-bond donors (Lipinski definition) is 1. The number of rotatable bonds is 4. The molecule has 126 valence electrons. The van der Waals surface area contributed by atoms with Crippen molar-refractivity contribution in [3.8, 4) is 0 Å². The maximum atomic E-state index is 5.45. The molecule has 0 unspecified atom stereocenters. The summed E-state index contributed by atoms with van der Waals surface area (Å²) in [6, 6.07) is 4.49. The van der Waals surface area contributed by atoms with E-state index in [0.717, 1.165) is 56.5 Å². The summed E-state index contributed by atoms with van der Waals surface area (Å²) in [5.41, 5.74) is 1.10. The van der Waals surface area contributed by atoms with Crippen LogP contribution in [0.15, 0.2) is 24.5 Å². The summed E-state index contributed by atoms with van der Waals surface area (Å²) in [6.45, 7) is 5.85. The van der Waals surface area contributed by atoms with Crippen molar-refractivity contribution in [2.24, 2.45) is 0 Å². The lowest BCUT2D eigenvalue weighted by Crippen LogP contribution is -2.52. The van der Waals surface area contributed by atoms with Crippen molar-refractivity contribution in [3.05, 3.63) is 36.0 Å². The van der Waals surface area contributed by atoms with Gasteiger partial charge in [0.05, 0.1) is 5.69 Å². The van der Waals surface area contributed by atoms with Crippen molar-refractivity contribution < 1.29 is 4.74 Å². The fourth-order valence-electron chi connectivity index (χ4n) is 3.39. The van der Waals surface area contributed by atoms with E-state index in [0.29, 0.717) is 17.9 Å². The zero-order valence-electron chi connectivity index (χ0n) is 13.9. The molecule has 0 aliphatic carbocycles. The van der Waals surface area contributed by atoms with E-state index in [9.17, 15) is 0 Å². The highest BCUT2D eigenvalue weighted by Gasteiger charge is 2.35. The van der Waals surface area contributed by atoms with Crippen LogP contribution in [0.25, 0.3) is 0 Å². The summed E-state index contributed by atoms with van der Waals surface area (Å²) in [4.78, 5) is 20.0. The average Bonchev–Trinajstić information content (AvgIpc) is 2.55. The van der Waals surface area contributed by atoms with E-state index < -0.39 is 0 Å². The highest BCUT2D eigenvalue weighted by atomic mass is 16.5. The Labute approximate surface area is 141 Å². The summed E-state index contributed by atoms with van der Waals surface area (Å²) in [7, 11) is 0. The Bertz CT molecular complexity index is 683. The molecule has 0 spiro atoms. The number of nitrogens with zero attached hydrogens (tertiary/aromatic N) is 5. The SMILES string of the molecule is Cc1nc(Nc2ncccn2)cc(C2CN(C3CCOCC3)C2)n1. The third-order valence-electron chi connectivity index (χ3n) is 4.70. The minimum absolute atomic E-state index is 0.479. The van der Waals surface area contributed by atoms with Gasteiger partial charge in [0.15, 0.2) is 0 Å². The molecule has 2 aliphatic heterocycles. The molecule has 7 heteroatoms. The number of ether oxygens (including phenoxy) is 1. The second-order valence-corrected chi connectivity index (χ2v) is 6.42. The molecule has 2 aliphatic rings. The molecular formula is C17H22N6O. The standard InChI is InChI=1S/C17H22N6O/c1-12-20-15(9-16(21-12)22-17-18-5-2-6-19-17)13-10-23(11-13)14-3-7-24-8-4-14/h2,5-6,9,13-14H,3-4,7-8,10-11H2,1H3,(H,18,19,20,21,22). The van der Waals surface area contributed by atoms with Crippen LogP contribution >= 0.6 is 0 Å². The second-order valence-electron chi connectivity index (χ2n) is 6.42. The maximum Gasteiger partial charge on any atom is 0.228 e. The van der Waals surface area contributed by atoms with Gasteiger partial charge in [-0.15, -0.1) is 0 Å². The van der Waals surface area contributed by atoms with Gasteiger partial charge in [0.25, 0.3) is 0 Å². The summed E-state index contributed by atoms with van der Waals surface area (Å²) in [5, 5.41) is 3.16. The first kappa shape index (κ1) is 15.4. The topological polar surface area (TPSA) is 76.1 Å². The first-order valence-corrected chi connectivity index (χ1v) is 8.49. The molecule has 2 aromatic heterocycles. The van der Waals surface area contributed by atoms with Crippen molar-refractivity contribution >= 4 is 11.8 Å². The van der Waals surface area contributed by atoms with Crippen molar-refractivity contribution in [2.45, 2.75) is 31.7 Å². The van der Waals surface area contributed by atoms with Crippen molar-refractivity contribution in [3.63, 3.8) is 0 Å². The van der Waals surface area contributed by atoms with E-state index in [2.05, 4.69) is 30.2 Å². The molecule has 4 rings (SSSR count). The maximum absolute atomic E-state index is 5.45. The van der Waals surface area contributed by atoms with Crippen molar-refractivity contribution in [1.82, 2.24) is 24.8 Å². The minimum atomic E-state index is 0.479. The molecule has 0 atom stereocenters. The summed E-state index contributed by atoms with van der Waals surface area (Å²) < 4.78 is 5.45. The lowest BCUT2D eigenvalue weighted by Gasteiger charge is -2.45. The van der Waals surface area contributed by atoms with Gasteiger partial charge in [0.2, 0.25) is 5.95 Å². The first-order valence-electron chi connectivity index (χ1n) is 8.49. The third kappa shape index (κ3) is 3.37. The predicted octanol–water partition coefficient (Wildman–Crippen LogP) is 1.90. The molecule has 24 heavy (non-hydrogen) atoms. The van der Waals surface area contributed by atoms with E-state index in [1.54, 1.807) is 18.5 Å². The van der Waals surface area contributed by atoms with Crippen LogP contribution in [0.2, 0.25) is 0 Å². The highest BCUT2D eigenvalue weighted by Crippen LogP contribution is 2.31. The molecule has 2 aromatic rings. The van der Waals surface area contributed by atoms with Crippen molar-refractivity contribution in [2.75, 3.05) is 31.6 Å². The Hall–Kier alpha value is -2.12. The van der Waals surface area contributed by atoms with Crippen LogP contribution in [0.1, 0.15) is 30.3 Å². The molecule has 0 bridgehead atoms. The van der Waals surface area contributed by atoms with Crippen LogP contribution in [0, 0.1) is 6.92 Å². The second kappa shape index (κ2) is 6.78. The van der Waals surface area contributed by atoms with Crippen LogP contribution in [-0.2, 0) is 4.74 Å².